The molecule has 3 nitrogen and oxygen atoms in total. The zero-order valence-electron chi connectivity index (χ0n) is 13.5. The maximum Gasteiger partial charge on any atom is 0.248 e. The Balaban J connectivity index is 1.73. The van der Waals surface area contributed by atoms with Gasteiger partial charge in [0.1, 0.15) is 0 Å². The van der Waals surface area contributed by atoms with Crippen molar-refractivity contribution in [2.24, 2.45) is 11.7 Å². The Bertz CT molecular complexity index is 813. The van der Waals surface area contributed by atoms with Crippen LogP contribution in [0.15, 0.2) is 59.5 Å². The summed E-state index contributed by atoms with van der Waals surface area (Å²) >= 11 is 1.76. The molecule has 0 aromatic heterocycles. The monoisotopic (exact) mass is 336 g/mol. The Morgan fingerprint density at radius 3 is 2.71 bits per heavy atom. The second kappa shape index (κ2) is 6.02. The first-order valence-electron chi connectivity index (χ1n) is 8.18. The summed E-state index contributed by atoms with van der Waals surface area (Å²) in [5, 5.41) is 3.69. The highest BCUT2D eigenvalue weighted by Crippen LogP contribution is 2.49. The molecule has 1 amide bonds. The smallest absolute Gasteiger partial charge is 0.248 e. The molecule has 0 bridgehead atoms. The molecule has 4 heteroatoms. The van der Waals surface area contributed by atoms with Crippen molar-refractivity contribution in [2.45, 2.75) is 23.3 Å². The van der Waals surface area contributed by atoms with E-state index in [1.165, 1.54) is 16.0 Å². The SMILES string of the molecule is CSc1ccc(C2Nc3ccc(C(N)=O)cc3C3C=CCC32)cc1. The largest absolute Gasteiger partial charge is 0.378 e. The van der Waals surface area contributed by atoms with Gasteiger partial charge in [0.05, 0.1) is 6.04 Å². The Morgan fingerprint density at radius 1 is 1.21 bits per heavy atom. The third kappa shape index (κ3) is 2.51. The molecule has 3 atom stereocenters. The van der Waals surface area contributed by atoms with Gasteiger partial charge in [-0.25, -0.2) is 0 Å². The number of benzene rings is 2. The maximum absolute atomic E-state index is 11.5. The van der Waals surface area contributed by atoms with Crippen molar-refractivity contribution >= 4 is 23.4 Å². The van der Waals surface area contributed by atoms with E-state index < -0.39 is 0 Å². The van der Waals surface area contributed by atoms with Crippen molar-refractivity contribution < 1.29 is 4.79 Å². The average molecular weight is 336 g/mol. The fourth-order valence-electron chi connectivity index (χ4n) is 3.89. The molecule has 2 aromatic carbocycles. The predicted molar refractivity (Wildman–Crippen MR) is 99.5 cm³/mol. The van der Waals surface area contributed by atoms with Crippen LogP contribution >= 0.6 is 11.8 Å². The molecule has 1 aliphatic heterocycles. The highest BCUT2D eigenvalue weighted by Gasteiger charge is 2.38. The Morgan fingerprint density at radius 2 is 2.00 bits per heavy atom. The molecule has 2 aromatic rings. The minimum absolute atomic E-state index is 0.285. The fourth-order valence-corrected chi connectivity index (χ4v) is 4.30. The lowest BCUT2D eigenvalue weighted by atomic mass is 9.76. The number of thioether (sulfide) groups is 1. The zero-order valence-corrected chi connectivity index (χ0v) is 14.3. The summed E-state index contributed by atoms with van der Waals surface area (Å²) in [5.74, 6) is 0.442. The standard InChI is InChI=1S/C20H20N2OS/c1-24-14-8-5-12(6-9-14)19-16-4-2-3-15(16)17-11-13(20(21)23)7-10-18(17)22-19/h2-3,5-11,15-16,19,22H,4H2,1H3,(H2,21,23). The summed E-state index contributed by atoms with van der Waals surface area (Å²) in [6, 6.07) is 14.8. The maximum atomic E-state index is 11.5. The lowest BCUT2D eigenvalue weighted by molar-refractivity contribution is 0.1000. The quantitative estimate of drug-likeness (QED) is 0.648. The number of primary amides is 1. The molecule has 3 N–H and O–H groups in total. The second-order valence-corrected chi connectivity index (χ2v) is 7.29. The molecule has 24 heavy (non-hydrogen) atoms. The lowest BCUT2D eigenvalue weighted by Crippen LogP contribution is -2.29. The number of rotatable bonds is 3. The fraction of sp³-hybridized carbons (Fsp3) is 0.250. The lowest BCUT2D eigenvalue weighted by Gasteiger charge is -2.37. The van der Waals surface area contributed by atoms with Crippen molar-refractivity contribution in [3.8, 4) is 0 Å². The second-order valence-electron chi connectivity index (χ2n) is 6.41. The van der Waals surface area contributed by atoms with Gasteiger partial charge in [-0.3, -0.25) is 4.79 Å². The van der Waals surface area contributed by atoms with E-state index in [0.29, 0.717) is 17.4 Å². The van der Waals surface area contributed by atoms with E-state index in [4.69, 9.17) is 5.73 Å². The molecule has 0 saturated heterocycles. The van der Waals surface area contributed by atoms with Crippen LogP contribution in [-0.2, 0) is 0 Å². The molecule has 2 aliphatic rings. The molecule has 0 fully saturated rings. The molecule has 4 rings (SSSR count). The summed E-state index contributed by atoms with van der Waals surface area (Å²) in [5.41, 5.74) is 9.63. The van der Waals surface area contributed by atoms with Gasteiger partial charge >= 0.3 is 0 Å². The Hall–Kier alpha value is -2.20. The summed E-state index contributed by atoms with van der Waals surface area (Å²) in [6.45, 7) is 0. The topological polar surface area (TPSA) is 55.1 Å². The molecular formula is C20H20N2OS. The van der Waals surface area contributed by atoms with Crippen LogP contribution in [0.25, 0.3) is 0 Å². The molecule has 122 valence electrons. The van der Waals surface area contributed by atoms with E-state index in [1.807, 2.05) is 12.1 Å². The minimum Gasteiger partial charge on any atom is -0.378 e. The van der Waals surface area contributed by atoms with Crippen LogP contribution < -0.4 is 11.1 Å². The zero-order chi connectivity index (χ0) is 16.7. The number of nitrogens with two attached hydrogens (primary N) is 1. The van der Waals surface area contributed by atoms with Gasteiger partial charge in [-0.05, 0) is 60.1 Å². The van der Waals surface area contributed by atoms with Gasteiger partial charge in [-0.2, -0.15) is 0 Å². The van der Waals surface area contributed by atoms with E-state index in [2.05, 4.69) is 48.0 Å². The van der Waals surface area contributed by atoms with Crippen LogP contribution in [-0.4, -0.2) is 12.2 Å². The molecule has 1 heterocycles. The van der Waals surface area contributed by atoms with Crippen molar-refractivity contribution in [2.75, 3.05) is 11.6 Å². The Labute approximate surface area is 146 Å². The van der Waals surface area contributed by atoms with Gasteiger partial charge in [0.2, 0.25) is 5.91 Å². The summed E-state index contributed by atoms with van der Waals surface area (Å²) in [6.07, 6.45) is 7.68. The number of carbonyl (C=O) groups excluding carboxylic acids is 1. The number of amides is 1. The molecular weight excluding hydrogens is 316 g/mol. The van der Waals surface area contributed by atoms with Gasteiger partial charge in [0, 0.05) is 22.1 Å². The van der Waals surface area contributed by atoms with E-state index in [-0.39, 0.29) is 11.9 Å². The van der Waals surface area contributed by atoms with Crippen molar-refractivity contribution in [1.82, 2.24) is 0 Å². The summed E-state index contributed by atoms with van der Waals surface area (Å²) in [4.78, 5) is 12.8. The predicted octanol–water partition coefficient (Wildman–Crippen LogP) is 4.33. The number of nitrogens with one attached hydrogen (secondary N) is 1. The first-order chi connectivity index (χ1) is 11.7. The first-order valence-corrected chi connectivity index (χ1v) is 9.41. The van der Waals surface area contributed by atoms with Gasteiger partial charge in [0.25, 0.3) is 0 Å². The molecule has 0 saturated carbocycles. The number of allylic oxidation sites excluding steroid dienone is 2. The highest BCUT2D eigenvalue weighted by atomic mass is 32.2. The molecule has 0 radical (unpaired) electrons. The van der Waals surface area contributed by atoms with E-state index in [1.54, 1.807) is 17.8 Å². The van der Waals surface area contributed by atoms with E-state index in [0.717, 1.165) is 12.1 Å². The number of fused-ring (bicyclic) bond motifs is 3. The molecule has 0 spiro atoms. The van der Waals surface area contributed by atoms with Crippen molar-refractivity contribution in [3.05, 3.63) is 71.3 Å². The summed E-state index contributed by atoms with van der Waals surface area (Å²) < 4.78 is 0. The Kier molecular flexibility index (Phi) is 3.85. The van der Waals surface area contributed by atoms with Crippen LogP contribution in [0.3, 0.4) is 0 Å². The van der Waals surface area contributed by atoms with Crippen LogP contribution in [0.5, 0.6) is 0 Å². The third-order valence-corrected chi connectivity index (χ3v) is 5.87. The first kappa shape index (κ1) is 15.3. The normalized spacial score (nSPS) is 24.1. The number of hydrogen-bond acceptors (Lipinski definition) is 3. The van der Waals surface area contributed by atoms with Crippen LogP contribution in [0.2, 0.25) is 0 Å². The number of hydrogen-bond donors (Lipinski definition) is 2. The third-order valence-electron chi connectivity index (χ3n) is 5.12. The van der Waals surface area contributed by atoms with E-state index >= 15 is 0 Å². The van der Waals surface area contributed by atoms with Gasteiger partial charge in [-0.15, -0.1) is 11.8 Å². The number of anilines is 1. The highest BCUT2D eigenvalue weighted by molar-refractivity contribution is 7.98. The van der Waals surface area contributed by atoms with Gasteiger partial charge in [-0.1, -0.05) is 24.3 Å². The van der Waals surface area contributed by atoms with Crippen LogP contribution in [0, 0.1) is 5.92 Å². The van der Waals surface area contributed by atoms with Crippen molar-refractivity contribution in [3.63, 3.8) is 0 Å². The average Bonchev–Trinajstić information content (AvgIpc) is 3.10. The van der Waals surface area contributed by atoms with Gasteiger partial charge in [0.15, 0.2) is 0 Å². The number of carbonyl (C=O) groups is 1. The summed E-state index contributed by atoms with van der Waals surface area (Å²) in [7, 11) is 0. The van der Waals surface area contributed by atoms with Crippen molar-refractivity contribution in [1.29, 1.82) is 0 Å². The van der Waals surface area contributed by atoms with E-state index in [9.17, 15) is 4.79 Å². The van der Waals surface area contributed by atoms with Crippen LogP contribution in [0.1, 0.15) is 39.9 Å². The van der Waals surface area contributed by atoms with Gasteiger partial charge < -0.3 is 11.1 Å². The van der Waals surface area contributed by atoms with Crippen LogP contribution in [0.4, 0.5) is 5.69 Å². The molecule has 3 unspecified atom stereocenters. The minimum atomic E-state index is -0.369. The molecule has 1 aliphatic carbocycles.